The minimum absolute atomic E-state index is 0.0461. The second-order valence-electron chi connectivity index (χ2n) is 32.3. The first-order chi connectivity index (χ1) is 59.3. The Bertz CT molecular complexity index is 5450. The molecule has 0 aliphatic carbocycles. The van der Waals surface area contributed by atoms with E-state index in [0.717, 1.165) is 84.0 Å². The molecule has 17 N–H and O–H groups in total. The summed E-state index contributed by atoms with van der Waals surface area (Å²) in [4.78, 5) is 163. The lowest BCUT2D eigenvalue weighted by atomic mass is 9.79. The van der Waals surface area contributed by atoms with Crippen molar-refractivity contribution >= 4 is 136 Å². The van der Waals surface area contributed by atoms with Crippen molar-refractivity contribution in [2.24, 2.45) is 5.73 Å². The number of allylic oxidation sites excluding steroid dienone is 8. The van der Waals surface area contributed by atoms with Gasteiger partial charge in [0.25, 0.3) is 0 Å². The molecule has 11 atom stereocenters. The number of carbonyl (C=O) groups excluding carboxylic acids is 9. The van der Waals surface area contributed by atoms with E-state index >= 15 is 19.2 Å². The SMILES string of the molecule is C[C@H](NC(=O)CC[N+]1=C(/C=C/C=C/C=C/C=C2/N(CCC(=O)O)c3ccc4ccccc4c3C2(C)C)C(C)(C)c2c1ccc1ccccc21)C(=O)N[C@H](Cc1ccccc1)C(=O)N[C@H]1CSSC[C@@H](C(=O)N[C@H](C(=O)O)[C@@H](C)O)NC(=O)[C@@H]([C@@H](C)O)NC(=O)[C@H](CCCCN)NC(=O)[C@@H](Cc2c[nH]c3ccccc23)NC(=O)[C@H](Cc2ccc(O)cc2)NC1=O. The average molecular weight is 1730 g/mol. The quantitative estimate of drug-likeness (QED) is 0.00911. The number of fused-ring (bicyclic) bond motifs is 7. The molecule has 7 aromatic carbocycles. The van der Waals surface area contributed by atoms with Gasteiger partial charge in [0.05, 0.1) is 30.5 Å². The highest BCUT2D eigenvalue weighted by Crippen LogP contribution is 2.51. The van der Waals surface area contributed by atoms with Crippen molar-refractivity contribution in [3.63, 3.8) is 0 Å². The number of unbranched alkanes of at least 4 members (excludes halogenated alkanes) is 1. The summed E-state index contributed by atoms with van der Waals surface area (Å²) in [5.41, 5.74) is 13.0. The van der Waals surface area contributed by atoms with Gasteiger partial charge in [0.2, 0.25) is 58.9 Å². The molecule has 4 heterocycles. The second kappa shape index (κ2) is 42.1. The van der Waals surface area contributed by atoms with E-state index in [2.05, 4.69) is 120 Å². The highest BCUT2D eigenvalue weighted by Gasteiger charge is 2.47. The Labute approximate surface area is 726 Å². The van der Waals surface area contributed by atoms with Crippen LogP contribution in [-0.4, -0.2) is 204 Å². The van der Waals surface area contributed by atoms with Gasteiger partial charge in [-0.25, -0.2) is 4.79 Å². The van der Waals surface area contributed by atoms with E-state index in [-0.39, 0.29) is 63.8 Å². The van der Waals surface area contributed by atoms with E-state index in [0.29, 0.717) is 40.6 Å². The number of hydrogen-bond acceptors (Lipinski definition) is 18. The number of aromatic amines is 1. The highest BCUT2D eigenvalue weighted by molar-refractivity contribution is 8.76. The second-order valence-corrected chi connectivity index (χ2v) is 34.9. The number of carboxylic acid groups (broad SMARTS) is 2. The number of phenols is 1. The molecule has 1 fully saturated rings. The van der Waals surface area contributed by atoms with E-state index in [1.54, 1.807) is 60.8 Å². The number of aliphatic hydroxyl groups is 2. The first kappa shape index (κ1) is 92.3. The summed E-state index contributed by atoms with van der Waals surface area (Å²) in [6.45, 7) is 13.0. The molecular formula is C93H108N13O16S2+. The van der Waals surface area contributed by atoms with E-state index < -0.39 is 154 Å². The normalized spacial score (nSPS) is 20.6. The number of para-hydroxylation sites is 1. The molecule has 31 heteroatoms. The molecule has 0 unspecified atom stereocenters. The number of aliphatic carboxylic acids is 2. The lowest BCUT2D eigenvalue weighted by Crippen LogP contribution is -2.62. The Morgan fingerprint density at radius 1 is 0.605 bits per heavy atom. The summed E-state index contributed by atoms with van der Waals surface area (Å²) in [6.07, 6.45) is 11.7. The molecule has 9 amide bonds. The van der Waals surface area contributed by atoms with Crippen molar-refractivity contribution in [3.05, 3.63) is 234 Å². The Morgan fingerprint density at radius 3 is 1.90 bits per heavy atom. The number of carboxylic acids is 2. The van der Waals surface area contributed by atoms with Crippen LogP contribution in [0.3, 0.4) is 0 Å². The number of aromatic hydroxyl groups is 1. The third kappa shape index (κ3) is 22.9. The number of amides is 9. The van der Waals surface area contributed by atoms with Crippen LogP contribution >= 0.6 is 21.6 Å². The van der Waals surface area contributed by atoms with Gasteiger partial charge < -0.3 is 89.0 Å². The minimum Gasteiger partial charge on any atom is -0.508 e. The number of carbonyl (C=O) groups is 11. The zero-order valence-electron chi connectivity index (χ0n) is 70.1. The maximum Gasteiger partial charge on any atom is 0.328 e. The van der Waals surface area contributed by atoms with Gasteiger partial charge in [-0.1, -0.05) is 181 Å². The highest BCUT2D eigenvalue weighted by atomic mass is 33.1. The summed E-state index contributed by atoms with van der Waals surface area (Å²) in [5.74, 6) is -11.8. The summed E-state index contributed by atoms with van der Waals surface area (Å²) in [7, 11) is 1.72. The van der Waals surface area contributed by atoms with Crippen molar-refractivity contribution in [1.82, 2.24) is 52.8 Å². The molecule has 124 heavy (non-hydrogen) atoms. The Morgan fingerprint density at radius 2 is 1.22 bits per heavy atom. The Balaban J connectivity index is 0.863. The summed E-state index contributed by atoms with van der Waals surface area (Å²) in [5, 5.41) is 80.8. The molecule has 11 rings (SSSR count). The van der Waals surface area contributed by atoms with Crippen LogP contribution in [0.25, 0.3) is 32.4 Å². The number of aromatic nitrogens is 1. The van der Waals surface area contributed by atoms with Gasteiger partial charge in [0, 0.05) is 88.9 Å². The number of hydrogen-bond donors (Lipinski definition) is 16. The van der Waals surface area contributed by atoms with Gasteiger partial charge in [0.15, 0.2) is 18.3 Å². The first-order valence-corrected chi connectivity index (χ1v) is 43.9. The predicted molar refractivity (Wildman–Crippen MR) is 479 cm³/mol. The molecule has 0 bridgehead atoms. The van der Waals surface area contributed by atoms with Crippen LogP contribution in [0.2, 0.25) is 0 Å². The summed E-state index contributed by atoms with van der Waals surface area (Å²) >= 11 is 0. The number of nitrogens with zero attached hydrogens (tertiary/aromatic N) is 2. The van der Waals surface area contributed by atoms with Gasteiger partial charge in [-0.15, -0.1) is 0 Å². The van der Waals surface area contributed by atoms with Crippen LogP contribution < -0.4 is 58.5 Å². The van der Waals surface area contributed by atoms with Crippen LogP contribution in [0.1, 0.15) is 108 Å². The summed E-state index contributed by atoms with van der Waals surface area (Å²) in [6, 6.07) is 31.6. The number of anilines is 1. The minimum atomic E-state index is -1.90. The van der Waals surface area contributed by atoms with Gasteiger partial charge in [-0.2, -0.15) is 4.58 Å². The van der Waals surface area contributed by atoms with Gasteiger partial charge in [-0.05, 0) is 141 Å². The Kier molecular flexibility index (Phi) is 31.3. The molecule has 652 valence electrons. The van der Waals surface area contributed by atoms with E-state index in [1.165, 1.54) is 38.1 Å². The zero-order chi connectivity index (χ0) is 89.1. The largest absolute Gasteiger partial charge is 0.508 e. The molecule has 29 nitrogen and oxygen atoms in total. The molecule has 0 saturated carbocycles. The summed E-state index contributed by atoms with van der Waals surface area (Å²) < 4.78 is 2.10. The molecule has 1 aromatic heterocycles. The van der Waals surface area contributed by atoms with Crippen molar-refractivity contribution in [3.8, 4) is 5.75 Å². The zero-order valence-corrected chi connectivity index (χ0v) is 71.7. The van der Waals surface area contributed by atoms with E-state index in [4.69, 9.17) is 5.73 Å². The van der Waals surface area contributed by atoms with Crippen molar-refractivity contribution in [2.45, 2.75) is 177 Å². The van der Waals surface area contributed by atoms with Crippen LogP contribution in [0, 0.1) is 0 Å². The maximum atomic E-state index is 15.5. The van der Waals surface area contributed by atoms with Crippen LogP contribution in [0.5, 0.6) is 5.75 Å². The standard InChI is InChI=1S/C93H107N13O16S2/c1-54(96-77(110)43-46-105-73-41-37-59-26-16-18-29-64(59)79(73)92(4,5)75(105)33-14-9-8-10-15-34-76-93(6,7)80-65-30-19-17-27-60(65)38-42-74(80)106(76)47-44-78(111)112)83(113)98-68(48-57-24-12-11-13-25-57)86(116)101-71-52-123-124-53-72(89(119)104-82(56(3)108)91(121)122)102-90(120)81(55(2)107)103-84(114)67(32-22-23-45-94)97-87(117)70(50-61-51-95-66-31-21-20-28-63(61)66)100-85(115)69(99-88(71)118)49-58-35-39-62(109)40-36-58/h8-21,24-31,33-42,51,54-56,67-72,81-82,95,107-108H,22-23,32,43-50,52-53,94H2,1-7H3,(H11-,96,97,98,99,100,101,102,103,104,109,110,111,112,113,114,115,116,117,118,119,120,121,122)/p+1/t54-,55+,56+,67-,68+,69-,70+,71-,72-,81+,82-/m0/s1. The predicted octanol–water partition coefficient (Wildman–Crippen LogP) is 7.25. The Hall–Kier alpha value is -12.4. The number of H-pyrrole nitrogens is 1. The molecule has 8 aromatic rings. The van der Waals surface area contributed by atoms with E-state index in [1.807, 2.05) is 85.0 Å². The molecular weight excluding hydrogens is 1620 g/mol. The number of aliphatic hydroxyl groups excluding tert-OH is 2. The number of nitrogens with two attached hydrogens (primary N) is 1. The van der Waals surface area contributed by atoms with Gasteiger partial charge >= 0.3 is 11.9 Å². The van der Waals surface area contributed by atoms with Crippen molar-refractivity contribution < 1.29 is 82.8 Å². The lowest BCUT2D eigenvalue weighted by molar-refractivity contribution is -0.436. The first-order valence-electron chi connectivity index (χ1n) is 41.4. The van der Waals surface area contributed by atoms with Crippen molar-refractivity contribution in [2.75, 3.05) is 36.0 Å². The third-order valence-corrected chi connectivity index (χ3v) is 24.9. The fourth-order valence-electron chi connectivity index (χ4n) is 16.0. The smallest absolute Gasteiger partial charge is 0.328 e. The number of rotatable bonds is 30. The number of nitrogens with one attached hydrogen (secondary N) is 10. The van der Waals surface area contributed by atoms with E-state index in [9.17, 15) is 59.1 Å². The monoisotopic (exact) mass is 1730 g/mol. The topological polar surface area (TPSA) is 445 Å². The van der Waals surface area contributed by atoms with Gasteiger partial charge in [0.1, 0.15) is 54.1 Å². The molecule has 3 aliphatic heterocycles. The number of benzene rings is 7. The van der Waals surface area contributed by atoms with Crippen molar-refractivity contribution in [1.29, 1.82) is 0 Å². The van der Waals surface area contributed by atoms with Gasteiger partial charge in [-0.3, -0.25) is 47.9 Å². The molecule has 3 aliphatic rings. The van der Waals surface area contributed by atoms with Crippen LogP contribution in [0.15, 0.2) is 206 Å². The molecule has 0 radical (unpaired) electrons. The number of phenolic OH excluding ortho intramolecular Hbond substituents is 1. The van der Waals surface area contributed by atoms with Crippen LogP contribution in [-0.2, 0) is 82.8 Å². The molecule has 0 spiro atoms. The fourth-order valence-corrected chi connectivity index (χ4v) is 18.3. The molecule has 1 saturated heterocycles. The maximum absolute atomic E-state index is 15.5. The fraction of sp³-hybridized carbons (Fsp3) is 0.355. The average Bonchev–Trinajstić information content (AvgIpc) is 1.39. The van der Waals surface area contributed by atoms with Crippen LogP contribution in [0.4, 0.5) is 11.4 Å². The lowest BCUT2D eigenvalue weighted by Gasteiger charge is -2.29. The third-order valence-electron chi connectivity index (χ3n) is 22.5.